The Morgan fingerprint density at radius 3 is 2.34 bits per heavy atom. The molecule has 0 radical (unpaired) electrons. The van der Waals surface area contributed by atoms with E-state index in [4.69, 9.17) is 4.74 Å². The Balaban J connectivity index is 1.43. The maximum absolute atomic E-state index is 12.4. The Morgan fingerprint density at radius 1 is 0.966 bits per heavy atom. The number of hydrogen-bond acceptors (Lipinski definition) is 4. The van der Waals surface area contributed by atoms with Gasteiger partial charge in [0.15, 0.2) is 0 Å². The van der Waals surface area contributed by atoms with E-state index in [2.05, 4.69) is 26.3 Å². The van der Waals surface area contributed by atoms with Crippen molar-refractivity contribution in [2.45, 2.75) is 6.54 Å². The van der Waals surface area contributed by atoms with Gasteiger partial charge in [-0.1, -0.05) is 28.1 Å². The monoisotopic (exact) mass is 449 g/mol. The SMILES string of the molecule is O=C(Cn1ncc(=O)c2ccccc21)Nc1ccc(Oc2ccc(Br)cc2)cc1. The second-order valence-electron chi connectivity index (χ2n) is 6.31. The third-order valence-electron chi connectivity index (χ3n) is 4.24. The summed E-state index contributed by atoms with van der Waals surface area (Å²) >= 11 is 3.39. The molecular formula is C22H16BrN3O3. The van der Waals surface area contributed by atoms with E-state index in [0.29, 0.717) is 22.3 Å². The van der Waals surface area contributed by atoms with Gasteiger partial charge in [0, 0.05) is 15.5 Å². The Labute approximate surface area is 174 Å². The number of halogens is 1. The molecule has 1 N–H and O–H groups in total. The summed E-state index contributed by atoms with van der Waals surface area (Å²) in [5.41, 5.74) is 1.09. The van der Waals surface area contributed by atoms with E-state index >= 15 is 0 Å². The molecule has 0 unspecified atom stereocenters. The highest BCUT2D eigenvalue weighted by atomic mass is 79.9. The molecule has 1 heterocycles. The Bertz CT molecular complexity index is 1220. The molecule has 0 saturated heterocycles. The van der Waals surface area contributed by atoms with Gasteiger partial charge in [0.1, 0.15) is 18.0 Å². The van der Waals surface area contributed by atoms with Crippen LogP contribution in [0.5, 0.6) is 11.5 Å². The summed E-state index contributed by atoms with van der Waals surface area (Å²) in [5.74, 6) is 1.15. The summed E-state index contributed by atoms with van der Waals surface area (Å²) in [6.07, 6.45) is 1.23. The van der Waals surface area contributed by atoms with Gasteiger partial charge in [-0.2, -0.15) is 5.10 Å². The number of rotatable bonds is 5. The highest BCUT2D eigenvalue weighted by molar-refractivity contribution is 9.10. The molecule has 0 atom stereocenters. The van der Waals surface area contributed by atoms with Crippen molar-refractivity contribution in [1.82, 2.24) is 9.78 Å². The van der Waals surface area contributed by atoms with Gasteiger partial charge in [0.2, 0.25) is 11.3 Å². The number of carbonyl (C=O) groups excluding carboxylic acids is 1. The zero-order valence-corrected chi connectivity index (χ0v) is 16.8. The molecular weight excluding hydrogens is 434 g/mol. The zero-order chi connectivity index (χ0) is 20.2. The van der Waals surface area contributed by atoms with Crippen LogP contribution in [-0.4, -0.2) is 15.7 Å². The van der Waals surface area contributed by atoms with Crippen LogP contribution in [0.25, 0.3) is 10.9 Å². The summed E-state index contributed by atoms with van der Waals surface area (Å²) in [7, 11) is 0. The molecule has 0 saturated carbocycles. The predicted molar refractivity (Wildman–Crippen MR) is 115 cm³/mol. The van der Waals surface area contributed by atoms with Gasteiger partial charge >= 0.3 is 0 Å². The number of fused-ring (bicyclic) bond motifs is 1. The molecule has 0 aliphatic heterocycles. The average molecular weight is 450 g/mol. The molecule has 144 valence electrons. The summed E-state index contributed by atoms with van der Waals surface area (Å²) < 4.78 is 8.26. The topological polar surface area (TPSA) is 73.2 Å². The molecule has 0 spiro atoms. The van der Waals surface area contributed by atoms with Gasteiger partial charge < -0.3 is 10.1 Å². The molecule has 29 heavy (non-hydrogen) atoms. The molecule has 0 aliphatic rings. The van der Waals surface area contributed by atoms with Crippen molar-refractivity contribution < 1.29 is 9.53 Å². The first-order valence-electron chi connectivity index (χ1n) is 8.87. The van der Waals surface area contributed by atoms with Crippen LogP contribution in [0.4, 0.5) is 5.69 Å². The van der Waals surface area contributed by atoms with Gasteiger partial charge in [-0.05, 0) is 60.7 Å². The lowest BCUT2D eigenvalue weighted by Gasteiger charge is -2.10. The Morgan fingerprint density at radius 2 is 1.62 bits per heavy atom. The van der Waals surface area contributed by atoms with Gasteiger partial charge in [0.05, 0.1) is 11.7 Å². The van der Waals surface area contributed by atoms with Gasteiger partial charge in [0.25, 0.3) is 0 Å². The summed E-state index contributed by atoms with van der Waals surface area (Å²) in [6, 6.07) is 21.7. The number of aromatic nitrogens is 2. The van der Waals surface area contributed by atoms with Crippen molar-refractivity contribution in [3.05, 3.63) is 93.7 Å². The van der Waals surface area contributed by atoms with Crippen molar-refractivity contribution in [3.8, 4) is 11.5 Å². The maximum atomic E-state index is 12.4. The van der Waals surface area contributed by atoms with E-state index in [0.717, 1.165) is 10.2 Å². The molecule has 0 fully saturated rings. The van der Waals surface area contributed by atoms with Crippen LogP contribution in [0.2, 0.25) is 0 Å². The predicted octanol–water partition coefficient (Wildman–Crippen LogP) is 4.59. The molecule has 1 aromatic heterocycles. The number of hydrogen-bond donors (Lipinski definition) is 1. The fourth-order valence-electron chi connectivity index (χ4n) is 2.87. The average Bonchev–Trinajstić information content (AvgIpc) is 2.73. The fourth-order valence-corrected chi connectivity index (χ4v) is 3.13. The van der Waals surface area contributed by atoms with Crippen molar-refractivity contribution in [1.29, 1.82) is 0 Å². The Hall–Kier alpha value is -3.45. The van der Waals surface area contributed by atoms with Gasteiger partial charge in [-0.15, -0.1) is 0 Å². The van der Waals surface area contributed by atoms with E-state index in [1.54, 1.807) is 42.5 Å². The number of nitrogens with zero attached hydrogens (tertiary/aromatic N) is 2. The van der Waals surface area contributed by atoms with Crippen molar-refractivity contribution in [2.24, 2.45) is 0 Å². The lowest BCUT2D eigenvalue weighted by molar-refractivity contribution is -0.116. The van der Waals surface area contributed by atoms with Crippen LogP contribution in [0.1, 0.15) is 0 Å². The second kappa shape index (κ2) is 8.28. The number of anilines is 1. The number of nitrogens with one attached hydrogen (secondary N) is 1. The first-order valence-corrected chi connectivity index (χ1v) is 9.66. The van der Waals surface area contributed by atoms with Crippen LogP contribution in [0.15, 0.2) is 88.3 Å². The molecule has 7 heteroatoms. The minimum Gasteiger partial charge on any atom is -0.457 e. The molecule has 0 bridgehead atoms. The first kappa shape index (κ1) is 18.9. The lowest BCUT2D eigenvalue weighted by atomic mass is 10.2. The van der Waals surface area contributed by atoms with E-state index in [1.165, 1.54) is 10.9 Å². The van der Waals surface area contributed by atoms with Gasteiger partial charge in [-0.25, -0.2) is 0 Å². The second-order valence-corrected chi connectivity index (χ2v) is 7.23. The highest BCUT2D eigenvalue weighted by Gasteiger charge is 2.08. The minimum absolute atomic E-state index is 0.00205. The zero-order valence-electron chi connectivity index (χ0n) is 15.2. The Kier molecular flexibility index (Phi) is 5.39. The number of amides is 1. The third kappa shape index (κ3) is 4.52. The summed E-state index contributed by atoms with van der Waals surface area (Å²) in [6.45, 7) is -0.00205. The molecule has 1 amide bonds. The number of benzene rings is 3. The molecule has 4 rings (SSSR count). The third-order valence-corrected chi connectivity index (χ3v) is 4.77. The lowest BCUT2D eigenvalue weighted by Crippen LogP contribution is -2.22. The van der Waals surface area contributed by atoms with Crippen LogP contribution in [0, 0.1) is 0 Å². The molecule has 3 aromatic carbocycles. The van der Waals surface area contributed by atoms with Crippen molar-refractivity contribution in [3.63, 3.8) is 0 Å². The fraction of sp³-hybridized carbons (Fsp3) is 0.0455. The minimum atomic E-state index is -0.243. The summed E-state index contributed by atoms with van der Waals surface area (Å²) in [5, 5.41) is 7.44. The van der Waals surface area contributed by atoms with Crippen LogP contribution >= 0.6 is 15.9 Å². The summed E-state index contributed by atoms with van der Waals surface area (Å²) in [4.78, 5) is 24.3. The van der Waals surface area contributed by atoms with Crippen LogP contribution in [0.3, 0.4) is 0 Å². The molecule has 0 aliphatic carbocycles. The van der Waals surface area contributed by atoms with Crippen molar-refractivity contribution in [2.75, 3.05) is 5.32 Å². The van der Waals surface area contributed by atoms with E-state index in [1.807, 2.05) is 30.3 Å². The highest BCUT2D eigenvalue weighted by Crippen LogP contribution is 2.24. The van der Waals surface area contributed by atoms with Crippen LogP contribution < -0.4 is 15.5 Å². The van der Waals surface area contributed by atoms with Gasteiger partial charge in [-0.3, -0.25) is 14.3 Å². The van der Waals surface area contributed by atoms with E-state index in [-0.39, 0.29) is 17.9 Å². The maximum Gasteiger partial charge on any atom is 0.246 e. The largest absolute Gasteiger partial charge is 0.457 e. The number of para-hydroxylation sites is 1. The van der Waals surface area contributed by atoms with Crippen LogP contribution in [-0.2, 0) is 11.3 Å². The quantitative estimate of drug-likeness (QED) is 0.483. The van der Waals surface area contributed by atoms with E-state index in [9.17, 15) is 9.59 Å². The standard InChI is InChI=1S/C22H16BrN3O3/c23-15-5-9-17(10-6-15)29-18-11-7-16(8-12-18)25-22(28)14-26-20-4-2-1-3-19(20)21(27)13-24-26/h1-13H,14H2,(H,25,28). The molecule has 4 aromatic rings. The number of ether oxygens (including phenoxy) is 1. The van der Waals surface area contributed by atoms with E-state index < -0.39 is 0 Å². The molecule has 6 nitrogen and oxygen atoms in total. The normalized spacial score (nSPS) is 10.7. The van der Waals surface area contributed by atoms with Crippen molar-refractivity contribution >= 4 is 38.4 Å². The number of carbonyl (C=O) groups is 1. The smallest absolute Gasteiger partial charge is 0.246 e. The first-order chi connectivity index (χ1) is 14.1.